The Hall–Kier alpha value is -3.38. The molecule has 3 N–H and O–H groups in total. The van der Waals surface area contributed by atoms with Gasteiger partial charge in [-0.3, -0.25) is 19.6 Å². The Kier molecular flexibility index (Phi) is 8.18. The van der Waals surface area contributed by atoms with Crippen LogP contribution in [0.5, 0.6) is 0 Å². The summed E-state index contributed by atoms with van der Waals surface area (Å²) >= 11 is 0. The highest BCUT2D eigenvalue weighted by molar-refractivity contribution is 5.93. The fourth-order valence-electron chi connectivity index (χ4n) is 5.99. The third-order valence-corrected chi connectivity index (χ3v) is 8.87. The van der Waals surface area contributed by atoms with Crippen molar-refractivity contribution in [3.05, 3.63) is 66.6 Å². The van der Waals surface area contributed by atoms with E-state index in [0.29, 0.717) is 36.1 Å². The lowest BCUT2D eigenvalue weighted by molar-refractivity contribution is -0.127. The zero-order chi connectivity index (χ0) is 28.3. The van der Waals surface area contributed by atoms with Crippen molar-refractivity contribution < 1.29 is 9.59 Å². The first-order chi connectivity index (χ1) is 19.1. The van der Waals surface area contributed by atoms with Crippen LogP contribution in [0.1, 0.15) is 84.1 Å². The number of carbonyl (C=O) groups is 2. The molecule has 0 bridgehead atoms. The van der Waals surface area contributed by atoms with Crippen molar-refractivity contribution in [2.75, 3.05) is 5.32 Å². The maximum Gasteiger partial charge on any atom is 0.224 e. The maximum atomic E-state index is 13.0. The number of Topliss-reactive ketones (excluding diaryl/α,β-unsaturated/α-hetero) is 1. The first kappa shape index (κ1) is 28.2. The minimum atomic E-state index is -0.276. The van der Waals surface area contributed by atoms with Crippen molar-refractivity contribution in [1.29, 1.82) is 0 Å². The topological polar surface area (TPSA) is 98.0 Å². The Bertz CT molecular complexity index is 1330. The Labute approximate surface area is 238 Å². The summed E-state index contributed by atoms with van der Waals surface area (Å²) < 4.78 is 0. The van der Waals surface area contributed by atoms with Crippen molar-refractivity contribution in [2.45, 2.75) is 84.1 Å². The third-order valence-electron chi connectivity index (χ3n) is 8.87. The van der Waals surface area contributed by atoms with Gasteiger partial charge in [0.25, 0.3) is 0 Å². The monoisotopic (exact) mass is 538 g/mol. The van der Waals surface area contributed by atoms with Gasteiger partial charge in [0, 0.05) is 52.9 Å². The highest BCUT2D eigenvalue weighted by Crippen LogP contribution is 2.40. The molecule has 2 aliphatic rings. The Morgan fingerprint density at radius 2 is 1.62 bits per heavy atom. The van der Waals surface area contributed by atoms with E-state index in [4.69, 9.17) is 10.7 Å². The van der Waals surface area contributed by atoms with Crippen LogP contribution < -0.4 is 11.1 Å². The lowest BCUT2D eigenvalue weighted by Gasteiger charge is -2.38. The van der Waals surface area contributed by atoms with Crippen LogP contribution in [0.15, 0.2) is 61.1 Å². The van der Waals surface area contributed by atoms with E-state index < -0.39 is 0 Å². The molecule has 0 aliphatic heterocycles. The molecule has 1 amide bonds. The first-order valence-electron chi connectivity index (χ1n) is 14.7. The average Bonchev–Trinajstić information content (AvgIpc) is 2.93. The van der Waals surface area contributed by atoms with Gasteiger partial charge in [0.05, 0.1) is 17.6 Å². The standard InChI is InChI=1S/C34H42N4O2/c1-33(2,3)30(39)18-23-7-9-24(10-8-23)19-31(40)38-28-20-29(26-6-4-17-36-21-26)32(37-22-28)25-11-13-27(14-12-25)34(35)15-5-16-34/h4,6,11-14,17,20-24H,5,7-10,15-16,18-19,35H2,1-3H3,(H,38,40). The molecule has 1 aromatic carbocycles. The first-order valence-corrected chi connectivity index (χ1v) is 14.7. The normalized spacial score (nSPS) is 20.4. The summed E-state index contributed by atoms with van der Waals surface area (Å²) in [6.07, 6.45) is 13.7. The molecule has 6 nitrogen and oxygen atoms in total. The number of aromatic nitrogens is 2. The van der Waals surface area contributed by atoms with Gasteiger partial charge in [-0.1, -0.05) is 51.1 Å². The van der Waals surface area contributed by atoms with Crippen LogP contribution in [0, 0.1) is 17.3 Å². The van der Waals surface area contributed by atoms with Crippen LogP contribution in [-0.2, 0) is 15.1 Å². The van der Waals surface area contributed by atoms with Gasteiger partial charge in [-0.05, 0) is 74.5 Å². The van der Waals surface area contributed by atoms with E-state index in [9.17, 15) is 9.59 Å². The smallest absolute Gasteiger partial charge is 0.224 e. The van der Waals surface area contributed by atoms with Crippen LogP contribution in [0.2, 0.25) is 0 Å². The molecule has 0 saturated heterocycles. The predicted octanol–water partition coefficient (Wildman–Crippen LogP) is 7.29. The SMILES string of the molecule is CC(C)(C)C(=O)CC1CCC(CC(=O)Nc2cnc(-c3ccc(C4(N)CCC4)cc3)c(-c3cccnc3)c2)CC1. The number of ketones is 1. The molecule has 210 valence electrons. The zero-order valence-electron chi connectivity index (χ0n) is 24.1. The molecule has 2 aromatic heterocycles. The summed E-state index contributed by atoms with van der Waals surface area (Å²) in [4.78, 5) is 34.6. The van der Waals surface area contributed by atoms with Crippen LogP contribution in [0.3, 0.4) is 0 Å². The number of anilines is 1. The van der Waals surface area contributed by atoms with Crippen molar-refractivity contribution in [3.63, 3.8) is 0 Å². The molecule has 3 aromatic rings. The molecule has 2 saturated carbocycles. The molecule has 5 rings (SSSR count). The van der Waals surface area contributed by atoms with E-state index in [0.717, 1.165) is 60.9 Å². The molecule has 2 fully saturated rings. The zero-order valence-corrected chi connectivity index (χ0v) is 24.1. The fraction of sp³-hybridized carbons (Fsp3) is 0.471. The maximum absolute atomic E-state index is 13.0. The number of rotatable bonds is 8. The van der Waals surface area contributed by atoms with Gasteiger partial charge in [-0.25, -0.2) is 0 Å². The molecule has 0 spiro atoms. The third kappa shape index (κ3) is 6.49. The lowest BCUT2D eigenvalue weighted by Crippen LogP contribution is -2.43. The van der Waals surface area contributed by atoms with Crippen molar-refractivity contribution >= 4 is 17.4 Å². The van der Waals surface area contributed by atoms with Crippen molar-refractivity contribution in [3.8, 4) is 22.4 Å². The second-order valence-corrected chi connectivity index (χ2v) is 13.0. The number of pyridine rings is 2. The van der Waals surface area contributed by atoms with Crippen LogP contribution >= 0.6 is 0 Å². The number of nitrogens with zero attached hydrogens (tertiary/aromatic N) is 2. The summed E-state index contributed by atoms with van der Waals surface area (Å²) in [6.45, 7) is 5.98. The van der Waals surface area contributed by atoms with Gasteiger partial charge in [0.2, 0.25) is 5.91 Å². The molecule has 0 radical (unpaired) electrons. The van der Waals surface area contributed by atoms with E-state index in [1.54, 1.807) is 12.4 Å². The molecule has 40 heavy (non-hydrogen) atoms. The number of hydrogen-bond acceptors (Lipinski definition) is 5. The predicted molar refractivity (Wildman–Crippen MR) is 160 cm³/mol. The highest BCUT2D eigenvalue weighted by atomic mass is 16.1. The Balaban J connectivity index is 1.26. The van der Waals surface area contributed by atoms with Gasteiger partial charge in [0.15, 0.2) is 0 Å². The van der Waals surface area contributed by atoms with Crippen molar-refractivity contribution in [2.24, 2.45) is 23.0 Å². The van der Waals surface area contributed by atoms with Crippen LogP contribution in [-0.4, -0.2) is 21.7 Å². The van der Waals surface area contributed by atoms with Gasteiger partial charge in [0.1, 0.15) is 5.78 Å². The second kappa shape index (κ2) is 11.6. The number of amides is 1. The minimum absolute atomic E-state index is 0.0130. The minimum Gasteiger partial charge on any atom is -0.325 e. The second-order valence-electron chi connectivity index (χ2n) is 13.0. The molecule has 0 atom stereocenters. The molecule has 2 aliphatic carbocycles. The van der Waals surface area contributed by atoms with Gasteiger partial charge in [-0.2, -0.15) is 0 Å². The van der Waals surface area contributed by atoms with E-state index in [1.165, 1.54) is 12.0 Å². The summed E-state index contributed by atoms with van der Waals surface area (Å²) in [5, 5.41) is 3.09. The molecule has 2 heterocycles. The van der Waals surface area contributed by atoms with Crippen molar-refractivity contribution in [1.82, 2.24) is 9.97 Å². The van der Waals surface area contributed by atoms with E-state index in [1.807, 2.05) is 45.2 Å². The summed E-state index contributed by atoms with van der Waals surface area (Å²) in [5.41, 5.74) is 11.6. The molecular weight excluding hydrogens is 496 g/mol. The van der Waals surface area contributed by atoms with Gasteiger partial charge in [-0.15, -0.1) is 0 Å². The fourth-order valence-corrected chi connectivity index (χ4v) is 5.99. The number of nitrogens with one attached hydrogen (secondary N) is 1. The van der Waals surface area contributed by atoms with Crippen LogP contribution in [0.4, 0.5) is 5.69 Å². The number of hydrogen-bond donors (Lipinski definition) is 2. The van der Waals surface area contributed by atoms with E-state index in [2.05, 4.69) is 34.6 Å². The summed E-state index contributed by atoms with van der Waals surface area (Å²) in [5.74, 6) is 1.15. The highest BCUT2D eigenvalue weighted by Gasteiger charge is 2.34. The van der Waals surface area contributed by atoms with E-state index >= 15 is 0 Å². The number of carbonyl (C=O) groups excluding carboxylic acids is 2. The number of nitrogens with two attached hydrogens (primary N) is 1. The quantitative estimate of drug-likeness (QED) is 0.314. The van der Waals surface area contributed by atoms with E-state index in [-0.39, 0.29) is 16.9 Å². The molecule has 0 unspecified atom stereocenters. The van der Waals surface area contributed by atoms with Crippen LogP contribution in [0.25, 0.3) is 22.4 Å². The summed E-state index contributed by atoms with van der Waals surface area (Å²) in [6, 6.07) is 14.3. The lowest BCUT2D eigenvalue weighted by atomic mass is 9.72. The number of benzene rings is 1. The van der Waals surface area contributed by atoms with Gasteiger partial charge >= 0.3 is 0 Å². The summed E-state index contributed by atoms with van der Waals surface area (Å²) in [7, 11) is 0. The Morgan fingerprint density at radius 1 is 0.950 bits per heavy atom. The molecule has 6 heteroatoms. The van der Waals surface area contributed by atoms with Gasteiger partial charge < -0.3 is 11.1 Å². The Morgan fingerprint density at radius 3 is 2.20 bits per heavy atom. The largest absolute Gasteiger partial charge is 0.325 e. The average molecular weight is 539 g/mol. The molecular formula is C34H42N4O2.